The molecule has 1 aliphatic heterocycles. The van der Waals surface area contributed by atoms with E-state index in [0.29, 0.717) is 6.54 Å². The van der Waals surface area contributed by atoms with Crippen LogP contribution in [0.5, 0.6) is 0 Å². The minimum atomic E-state index is -0.925. The summed E-state index contributed by atoms with van der Waals surface area (Å²) in [6, 6.07) is 0. The Morgan fingerprint density at radius 2 is 2.07 bits per heavy atom. The Morgan fingerprint density at radius 3 is 2.36 bits per heavy atom. The van der Waals surface area contributed by atoms with Crippen molar-refractivity contribution in [3.05, 3.63) is 0 Å². The molecule has 1 aliphatic rings. The van der Waals surface area contributed by atoms with Crippen LogP contribution in [0.2, 0.25) is 0 Å². The Kier molecular flexibility index (Phi) is 2.76. The summed E-state index contributed by atoms with van der Waals surface area (Å²) in [5, 5.41) is 18.5. The van der Waals surface area contributed by atoms with Gasteiger partial charge in [-0.25, -0.2) is 4.79 Å². The molecule has 0 spiro atoms. The Labute approximate surface area is 84.5 Å². The number of hydrogen-bond acceptors (Lipinski definition) is 2. The number of aliphatic hydroxyl groups is 1. The summed E-state index contributed by atoms with van der Waals surface area (Å²) in [5.41, 5.74) is -0.824. The monoisotopic (exact) mass is 201 g/mol. The highest BCUT2D eigenvalue weighted by molar-refractivity contribution is 5.67. The van der Waals surface area contributed by atoms with Crippen LogP contribution in [0, 0.1) is 5.41 Å². The zero-order valence-electron chi connectivity index (χ0n) is 9.08. The van der Waals surface area contributed by atoms with Gasteiger partial charge in [-0.05, 0) is 18.3 Å². The van der Waals surface area contributed by atoms with Crippen molar-refractivity contribution >= 4 is 6.09 Å². The van der Waals surface area contributed by atoms with E-state index in [1.165, 1.54) is 4.90 Å². The molecule has 1 heterocycles. The molecule has 1 atom stereocenters. The fraction of sp³-hybridized carbons (Fsp3) is 0.900. The molecular formula is C10H19NO3. The summed E-state index contributed by atoms with van der Waals surface area (Å²) in [6.45, 7) is 6.37. The first-order valence-corrected chi connectivity index (χ1v) is 4.96. The second-order valence-electron chi connectivity index (χ2n) is 4.98. The number of carboxylic acid groups (broad SMARTS) is 1. The summed E-state index contributed by atoms with van der Waals surface area (Å²) in [4.78, 5) is 12.4. The van der Waals surface area contributed by atoms with Crippen molar-refractivity contribution in [2.75, 3.05) is 13.2 Å². The molecule has 0 aromatic carbocycles. The van der Waals surface area contributed by atoms with Crippen molar-refractivity contribution in [2.24, 2.45) is 5.41 Å². The highest BCUT2D eigenvalue weighted by Gasteiger charge is 2.51. The molecule has 2 N–H and O–H groups in total. The average Bonchev–Trinajstić information content (AvgIpc) is 2.46. The van der Waals surface area contributed by atoms with Crippen molar-refractivity contribution < 1.29 is 15.0 Å². The molecule has 4 heteroatoms. The van der Waals surface area contributed by atoms with Crippen molar-refractivity contribution in [3.8, 4) is 0 Å². The fourth-order valence-corrected chi connectivity index (χ4v) is 2.34. The Morgan fingerprint density at radius 1 is 1.50 bits per heavy atom. The van der Waals surface area contributed by atoms with Crippen LogP contribution in [-0.4, -0.2) is 39.9 Å². The van der Waals surface area contributed by atoms with Crippen molar-refractivity contribution in [2.45, 2.75) is 39.2 Å². The molecule has 1 amide bonds. The van der Waals surface area contributed by atoms with E-state index in [2.05, 4.69) is 0 Å². The zero-order chi connectivity index (χ0) is 11.0. The first-order valence-electron chi connectivity index (χ1n) is 4.96. The van der Waals surface area contributed by atoms with Crippen LogP contribution >= 0.6 is 0 Å². The molecule has 14 heavy (non-hydrogen) atoms. The highest BCUT2D eigenvalue weighted by Crippen LogP contribution is 2.43. The maximum absolute atomic E-state index is 11.0. The summed E-state index contributed by atoms with van der Waals surface area (Å²) >= 11 is 0. The van der Waals surface area contributed by atoms with Crippen LogP contribution in [0.15, 0.2) is 0 Å². The van der Waals surface area contributed by atoms with E-state index in [1.807, 2.05) is 20.8 Å². The minimum absolute atomic E-state index is 0.0944. The minimum Gasteiger partial charge on any atom is -0.465 e. The van der Waals surface area contributed by atoms with Gasteiger partial charge in [0.2, 0.25) is 0 Å². The van der Waals surface area contributed by atoms with Gasteiger partial charge in [-0.1, -0.05) is 20.8 Å². The molecule has 1 saturated heterocycles. The molecule has 0 aliphatic carbocycles. The largest absolute Gasteiger partial charge is 0.465 e. The Bertz CT molecular complexity index is 234. The van der Waals surface area contributed by atoms with Crippen LogP contribution in [0.4, 0.5) is 4.79 Å². The van der Waals surface area contributed by atoms with Crippen LogP contribution in [-0.2, 0) is 0 Å². The summed E-state index contributed by atoms with van der Waals surface area (Å²) in [6.07, 6.45) is 0.662. The summed E-state index contributed by atoms with van der Waals surface area (Å²) in [5.74, 6) is 0. The molecule has 1 rings (SSSR count). The first-order chi connectivity index (χ1) is 6.35. The predicted molar refractivity (Wildman–Crippen MR) is 53.2 cm³/mol. The van der Waals surface area contributed by atoms with Gasteiger partial charge in [-0.3, -0.25) is 4.90 Å². The molecule has 0 bridgehead atoms. The number of likely N-dealkylation sites (tertiary alicyclic amines) is 1. The molecule has 0 radical (unpaired) electrons. The molecule has 0 aromatic heterocycles. The van der Waals surface area contributed by atoms with Crippen molar-refractivity contribution in [1.29, 1.82) is 0 Å². The molecule has 0 unspecified atom stereocenters. The lowest BCUT2D eigenvalue weighted by Gasteiger charge is -2.45. The van der Waals surface area contributed by atoms with E-state index in [9.17, 15) is 9.90 Å². The maximum atomic E-state index is 11.0. The quantitative estimate of drug-likeness (QED) is 0.676. The van der Waals surface area contributed by atoms with Crippen molar-refractivity contribution in [1.82, 2.24) is 4.90 Å². The number of nitrogens with zero attached hydrogens (tertiary/aromatic N) is 1. The van der Waals surface area contributed by atoms with Gasteiger partial charge in [0.1, 0.15) is 0 Å². The lowest BCUT2D eigenvalue weighted by atomic mass is 9.72. The number of aliphatic hydroxyl groups excluding tert-OH is 1. The molecular weight excluding hydrogens is 182 g/mol. The van der Waals surface area contributed by atoms with Gasteiger partial charge in [-0.15, -0.1) is 0 Å². The standard InChI is InChI=1S/C10H19NO3/c1-9(2,3)10(7-12)5-4-6-11(10)8(13)14/h12H,4-7H2,1-3H3,(H,13,14)/t10-/m0/s1. The average molecular weight is 201 g/mol. The van der Waals surface area contributed by atoms with E-state index < -0.39 is 11.6 Å². The van der Waals surface area contributed by atoms with E-state index in [1.54, 1.807) is 0 Å². The lowest BCUT2D eigenvalue weighted by Crippen LogP contribution is -2.57. The predicted octanol–water partition coefficient (Wildman–Crippen LogP) is 1.54. The summed E-state index contributed by atoms with van der Waals surface area (Å²) < 4.78 is 0. The van der Waals surface area contributed by atoms with E-state index in [-0.39, 0.29) is 12.0 Å². The smallest absolute Gasteiger partial charge is 0.407 e. The molecule has 4 nitrogen and oxygen atoms in total. The number of amides is 1. The van der Waals surface area contributed by atoms with Crippen LogP contribution < -0.4 is 0 Å². The lowest BCUT2D eigenvalue weighted by molar-refractivity contribution is -0.0113. The molecule has 82 valence electrons. The van der Waals surface area contributed by atoms with E-state index in [0.717, 1.165) is 12.8 Å². The maximum Gasteiger partial charge on any atom is 0.407 e. The Hall–Kier alpha value is -0.770. The number of carbonyl (C=O) groups is 1. The van der Waals surface area contributed by atoms with E-state index in [4.69, 9.17) is 5.11 Å². The van der Waals surface area contributed by atoms with Gasteiger partial charge < -0.3 is 10.2 Å². The molecule has 1 fully saturated rings. The second-order valence-corrected chi connectivity index (χ2v) is 4.98. The second kappa shape index (κ2) is 3.42. The fourth-order valence-electron chi connectivity index (χ4n) is 2.34. The van der Waals surface area contributed by atoms with Gasteiger partial charge in [-0.2, -0.15) is 0 Å². The summed E-state index contributed by atoms with van der Waals surface area (Å²) in [7, 11) is 0. The van der Waals surface area contributed by atoms with Crippen LogP contribution in [0.3, 0.4) is 0 Å². The topological polar surface area (TPSA) is 60.8 Å². The van der Waals surface area contributed by atoms with Crippen molar-refractivity contribution in [3.63, 3.8) is 0 Å². The van der Waals surface area contributed by atoms with E-state index >= 15 is 0 Å². The zero-order valence-corrected chi connectivity index (χ0v) is 9.08. The van der Waals surface area contributed by atoms with Gasteiger partial charge >= 0.3 is 6.09 Å². The van der Waals surface area contributed by atoms with Gasteiger partial charge in [0, 0.05) is 6.54 Å². The van der Waals surface area contributed by atoms with Gasteiger partial charge in [0.25, 0.3) is 0 Å². The molecule has 0 saturated carbocycles. The third-order valence-corrected chi connectivity index (χ3v) is 3.38. The Balaban J connectivity index is 3.04. The number of hydrogen-bond donors (Lipinski definition) is 2. The SMILES string of the molecule is CC(C)(C)[C@@]1(CO)CCCN1C(=O)O. The third kappa shape index (κ3) is 1.47. The highest BCUT2D eigenvalue weighted by atomic mass is 16.4. The van der Waals surface area contributed by atoms with Gasteiger partial charge in [0.05, 0.1) is 12.1 Å². The first kappa shape index (κ1) is 11.3. The van der Waals surface area contributed by atoms with Crippen LogP contribution in [0.1, 0.15) is 33.6 Å². The normalized spacial score (nSPS) is 28.1. The molecule has 0 aromatic rings. The van der Waals surface area contributed by atoms with Gasteiger partial charge in [0.15, 0.2) is 0 Å². The third-order valence-electron chi connectivity index (χ3n) is 3.38. The van der Waals surface area contributed by atoms with Crippen LogP contribution in [0.25, 0.3) is 0 Å². The number of rotatable bonds is 1.